The van der Waals surface area contributed by atoms with Crippen LogP contribution in [-0.2, 0) is 28.7 Å². The Morgan fingerprint density at radius 2 is 0.952 bits per heavy atom. The average molecular weight is 573 g/mol. The number of Topliss-reactive ketones (excluding diaryl/α,β-unsaturated/α-hetero) is 2. The molecule has 42 heavy (non-hydrogen) atoms. The Kier molecular flexibility index (Phi) is 11.3. The minimum atomic E-state index is -1.15. The van der Waals surface area contributed by atoms with Crippen molar-refractivity contribution in [2.24, 2.45) is 21.8 Å². The highest BCUT2D eigenvalue weighted by atomic mass is 16.5. The van der Waals surface area contributed by atoms with E-state index in [1.807, 2.05) is 60.7 Å². The van der Waals surface area contributed by atoms with Crippen LogP contribution in [0.15, 0.2) is 70.6 Å². The van der Waals surface area contributed by atoms with Crippen LogP contribution in [0.4, 0.5) is 0 Å². The van der Waals surface area contributed by atoms with Crippen LogP contribution >= 0.6 is 0 Å². The molecule has 4 rings (SSSR count). The van der Waals surface area contributed by atoms with Gasteiger partial charge in [0.05, 0.1) is 0 Å². The topological polar surface area (TPSA) is 111 Å². The molecule has 2 unspecified atom stereocenters. The normalized spacial score (nSPS) is 19.0. The second-order valence-electron chi connectivity index (χ2n) is 11.2. The minimum absolute atomic E-state index is 0.174. The van der Waals surface area contributed by atoms with Gasteiger partial charge in [-0.1, -0.05) is 60.7 Å². The first-order chi connectivity index (χ1) is 20.3. The second kappa shape index (κ2) is 15.3. The Labute approximate surface area is 247 Å². The van der Waals surface area contributed by atoms with E-state index in [1.165, 1.54) is 26.3 Å². The average Bonchev–Trinajstić information content (AvgIpc) is 3.69. The smallest absolute Gasteiger partial charge is 0.322 e. The Morgan fingerprint density at radius 1 is 0.619 bits per heavy atom. The summed E-state index contributed by atoms with van der Waals surface area (Å²) in [6, 6.07) is 17.5. The summed E-state index contributed by atoms with van der Waals surface area (Å²) >= 11 is 0. The number of aliphatic imine (C=N–C) groups is 2. The molecule has 0 aliphatic heterocycles. The maximum Gasteiger partial charge on any atom is 0.322 e. The zero-order chi connectivity index (χ0) is 29.9. The van der Waals surface area contributed by atoms with Crippen LogP contribution in [0.3, 0.4) is 0 Å². The first-order valence-electron chi connectivity index (χ1n) is 14.9. The van der Waals surface area contributed by atoms with Gasteiger partial charge in [-0.05, 0) is 76.3 Å². The number of hydrogen-bond donors (Lipinski definition) is 0. The SMILES string of the molecule is CC(=O)C(C=N[C@@H](c1ccccc1)[C@@H](N=CC(C(C)=O)C(=O)OC1CCCC1)c1ccccc1)C(=O)OC1CCCC1. The van der Waals surface area contributed by atoms with Gasteiger partial charge in [-0.15, -0.1) is 0 Å². The molecule has 2 saturated carbocycles. The van der Waals surface area contributed by atoms with Crippen molar-refractivity contribution in [1.82, 2.24) is 0 Å². The summed E-state index contributed by atoms with van der Waals surface area (Å²) in [4.78, 5) is 60.6. The summed E-state index contributed by atoms with van der Waals surface area (Å²) in [6.07, 6.45) is 9.56. The van der Waals surface area contributed by atoms with Crippen LogP contribution in [0.2, 0.25) is 0 Å². The number of carbonyl (C=O) groups is 4. The summed E-state index contributed by atoms with van der Waals surface area (Å²) in [5.41, 5.74) is 1.58. The molecule has 0 N–H and O–H groups in total. The van der Waals surface area contributed by atoms with Gasteiger partial charge in [0, 0.05) is 12.4 Å². The highest BCUT2D eigenvalue weighted by Crippen LogP contribution is 2.36. The van der Waals surface area contributed by atoms with E-state index in [0.717, 1.165) is 62.5 Å². The van der Waals surface area contributed by atoms with Gasteiger partial charge in [-0.25, -0.2) is 0 Å². The molecule has 0 heterocycles. The van der Waals surface area contributed by atoms with Gasteiger partial charge in [0.15, 0.2) is 0 Å². The number of nitrogens with zero attached hydrogens (tertiary/aromatic N) is 2. The summed E-state index contributed by atoms with van der Waals surface area (Å²) in [7, 11) is 0. The number of rotatable bonds is 13. The molecule has 0 saturated heterocycles. The number of esters is 2. The van der Waals surface area contributed by atoms with Crippen molar-refractivity contribution in [2.45, 2.75) is 89.5 Å². The lowest BCUT2D eigenvalue weighted by atomic mass is 9.93. The zero-order valence-corrected chi connectivity index (χ0v) is 24.4. The third-order valence-corrected chi connectivity index (χ3v) is 7.93. The Hall–Kier alpha value is -3.94. The molecule has 2 aromatic rings. The molecule has 2 fully saturated rings. The van der Waals surface area contributed by atoms with Crippen LogP contribution in [0, 0.1) is 11.8 Å². The van der Waals surface area contributed by atoms with E-state index in [1.54, 1.807) is 0 Å². The van der Waals surface area contributed by atoms with Gasteiger partial charge in [0.2, 0.25) is 0 Å². The number of hydrogen-bond acceptors (Lipinski definition) is 8. The second-order valence-corrected chi connectivity index (χ2v) is 11.2. The number of carbonyl (C=O) groups excluding carboxylic acids is 4. The quantitative estimate of drug-likeness (QED) is 0.166. The van der Waals surface area contributed by atoms with Gasteiger partial charge in [0.25, 0.3) is 0 Å². The van der Waals surface area contributed by atoms with E-state index in [4.69, 9.17) is 19.5 Å². The molecule has 0 bridgehead atoms. The van der Waals surface area contributed by atoms with Crippen molar-refractivity contribution in [3.8, 4) is 0 Å². The van der Waals surface area contributed by atoms with Crippen LogP contribution in [0.5, 0.6) is 0 Å². The van der Waals surface area contributed by atoms with E-state index in [9.17, 15) is 19.2 Å². The number of benzene rings is 2. The summed E-state index contributed by atoms with van der Waals surface area (Å²) in [5.74, 6) is -4.22. The molecule has 8 nitrogen and oxygen atoms in total. The first kappa shape index (κ1) is 31.0. The highest BCUT2D eigenvalue weighted by Gasteiger charge is 2.31. The van der Waals surface area contributed by atoms with Gasteiger partial charge >= 0.3 is 11.9 Å². The van der Waals surface area contributed by atoms with Crippen molar-refractivity contribution in [2.75, 3.05) is 0 Å². The minimum Gasteiger partial charge on any atom is -0.462 e. The highest BCUT2D eigenvalue weighted by molar-refractivity contribution is 6.11. The number of ketones is 2. The fraction of sp³-hybridized carbons (Fsp3) is 0.471. The lowest BCUT2D eigenvalue weighted by molar-refractivity contribution is -0.154. The van der Waals surface area contributed by atoms with E-state index in [-0.39, 0.29) is 23.8 Å². The zero-order valence-electron chi connectivity index (χ0n) is 24.4. The van der Waals surface area contributed by atoms with Crippen LogP contribution in [0.25, 0.3) is 0 Å². The van der Waals surface area contributed by atoms with Gasteiger partial charge in [-0.2, -0.15) is 0 Å². The molecule has 4 atom stereocenters. The van der Waals surface area contributed by atoms with Crippen LogP contribution in [-0.4, -0.2) is 48.1 Å². The summed E-state index contributed by atoms with van der Waals surface area (Å²) < 4.78 is 11.3. The predicted octanol–water partition coefficient (Wildman–Crippen LogP) is 5.99. The van der Waals surface area contributed by atoms with Crippen LogP contribution in [0.1, 0.15) is 88.4 Å². The molecular weight excluding hydrogens is 532 g/mol. The standard InChI is InChI=1S/C34H40N2O6/c1-23(37)29(33(39)41-27-17-9-10-18-27)21-35-31(25-13-5-3-6-14-25)32(26-15-7-4-8-16-26)36-22-30(24(2)38)34(40)42-28-19-11-12-20-28/h3-8,13-16,21-22,27-32H,9-12,17-20H2,1-2H3/t29?,30?,31-,32-/m0/s1. The monoisotopic (exact) mass is 572 g/mol. The Balaban J connectivity index is 1.67. The van der Waals surface area contributed by atoms with E-state index >= 15 is 0 Å². The summed E-state index contributed by atoms with van der Waals surface area (Å²) in [5, 5.41) is 0. The first-order valence-corrected chi connectivity index (χ1v) is 14.9. The fourth-order valence-corrected chi connectivity index (χ4v) is 5.51. The molecule has 0 aromatic heterocycles. The van der Waals surface area contributed by atoms with Crippen molar-refractivity contribution < 1.29 is 28.7 Å². The maximum atomic E-state index is 13.0. The third kappa shape index (κ3) is 8.54. The van der Waals surface area contributed by atoms with Gasteiger partial charge in [-0.3, -0.25) is 29.2 Å². The Bertz CT molecular complexity index is 1160. The lowest BCUT2D eigenvalue weighted by Crippen LogP contribution is -2.29. The van der Waals surface area contributed by atoms with Crippen LogP contribution < -0.4 is 0 Å². The fourth-order valence-electron chi connectivity index (χ4n) is 5.51. The molecule has 2 aliphatic rings. The lowest BCUT2D eigenvalue weighted by Gasteiger charge is -2.23. The molecule has 2 aliphatic carbocycles. The van der Waals surface area contributed by atoms with Gasteiger partial charge in [0.1, 0.15) is 47.7 Å². The third-order valence-electron chi connectivity index (χ3n) is 7.93. The van der Waals surface area contributed by atoms with E-state index in [2.05, 4.69) is 0 Å². The van der Waals surface area contributed by atoms with E-state index in [0.29, 0.717) is 0 Å². The molecule has 8 heteroatoms. The van der Waals surface area contributed by atoms with Crippen molar-refractivity contribution in [3.05, 3.63) is 71.8 Å². The van der Waals surface area contributed by atoms with Crippen molar-refractivity contribution in [3.63, 3.8) is 0 Å². The largest absolute Gasteiger partial charge is 0.462 e. The molecule has 0 radical (unpaired) electrons. The van der Waals surface area contributed by atoms with Gasteiger partial charge < -0.3 is 9.47 Å². The Morgan fingerprint density at radius 3 is 1.26 bits per heavy atom. The molecule has 0 spiro atoms. The van der Waals surface area contributed by atoms with E-state index < -0.39 is 35.9 Å². The molecule has 0 amide bonds. The van der Waals surface area contributed by atoms with Crippen molar-refractivity contribution >= 4 is 35.9 Å². The maximum absolute atomic E-state index is 13.0. The molecular formula is C34H40N2O6. The molecule has 222 valence electrons. The van der Waals surface area contributed by atoms with Crippen molar-refractivity contribution in [1.29, 1.82) is 0 Å². The summed E-state index contributed by atoms with van der Waals surface area (Å²) in [6.45, 7) is 2.70. The number of ether oxygens (including phenoxy) is 2. The molecule has 2 aromatic carbocycles. The predicted molar refractivity (Wildman–Crippen MR) is 160 cm³/mol.